The van der Waals surface area contributed by atoms with Gasteiger partial charge in [0.2, 0.25) is 0 Å². The van der Waals surface area contributed by atoms with Gasteiger partial charge in [0.25, 0.3) is 11.6 Å². The number of nitro groups is 1. The summed E-state index contributed by atoms with van der Waals surface area (Å²) in [4.78, 5) is 23.0. The molecule has 3 rings (SSSR count). The Bertz CT molecular complexity index is 754. The average molecular weight is 343 g/mol. The highest BCUT2D eigenvalue weighted by atomic mass is 16.6. The van der Waals surface area contributed by atoms with Gasteiger partial charge in [0, 0.05) is 30.1 Å². The van der Waals surface area contributed by atoms with Gasteiger partial charge in [-0.1, -0.05) is 0 Å². The second-order valence-electron chi connectivity index (χ2n) is 6.40. The van der Waals surface area contributed by atoms with Crippen molar-refractivity contribution in [3.8, 4) is 0 Å². The van der Waals surface area contributed by atoms with Crippen LogP contribution in [0.2, 0.25) is 0 Å². The van der Waals surface area contributed by atoms with Gasteiger partial charge in [0.05, 0.1) is 11.2 Å². The van der Waals surface area contributed by atoms with Gasteiger partial charge in [-0.05, 0) is 50.5 Å². The standard InChI is InChI=1S/C18H21N3O4/c1-12(4-8-15-3-2-10-25-15)19-16-9-5-13(11-17(16)21(23)24)18(22)20-14-6-7-14/h2-3,5,9-12,14,19H,4,6-8H2,1H3,(H,20,22)/t12-/m1/s1. The maximum atomic E-state index is 12.1. The number of rotatable bonds is 8. The van der Waals surface area contributed by atoms with Crippen LogP contribution in [0.25, 0.3) is 0 Å². The van der Waals surface area contributed by atoms with Crippen molar-refractivity contribution in [1.82, 2.24) is 5.32 Å². The minimum Gasteiger partial charge on any atom is -0.469 e. The lowest BCUT2D eigenvalue weighted by molar-refractivity contribution is -0.384. The van der Waals surface area contributed by atoms with Crippen LogP contribution in [0.4, 0.5) is 11.4 Å². The lowest BCUT2D eigenvalue weighted by Crippen LogP contribution is -2.25. The van der Waals surface area contributed by atoms with Crippen LogP contribution in [0.3, 0.4) is 0 Å². The number of carbonyl (C=O) groups excluding carboxylic acids is 1. The van der Waals surface area contributed by atoms with E-state index in [2.05, 4.69) is 10.6 Å². The molecule has 1 saturated carbocycles. The molecular weight excluding hydrogens is 322 g/mol. The quantitative estimate of drug-likeness (QED) is 0.564. The van der Waals surface area contributed by atoms with Crippen molar-refractivity contribution in [2.45, 2.75) is 44.7 Å². The smallest absolute Gasteiger partial charge is 0.293 e. The third-order valence-electron chi connectivity index (χ3n) is 4.17. The first kappa shape index (κ1) is 17.0. The van der Waals surface area contributed by atoms with E-state index in [0.29, 0.717) is 11.3 Å². The highest BCUT2D eigenvalue weighted by molar-refractivity contribution is 5.96. The van der Waals surface area contributed by atoms with E-state index in [9.17, 15) is 14.9 Å². The number of nitrogens with zero attached hydrogens (tertiary/aromatic N) is 1. The van der Waals surface area contributed by atoms with Gasteiger partial charge in [-0.3, -0.25) is 14.9 Å². The minimum absolute atomic E-state index is 0.0231. The van der Waals surface area contributed by atoms with Gasteiger partial charge in [0.15, 0.2) is 0 Å². The number of anilines is 1. The van der Waals surface area contributed by atoms with Gasteiger partial charge in [0.1, 0.15) is 11.4 Å². The summed E-state index contributed by atoms with van der Waals surface area (Å²) in [5.74, 6) is 0.623. The van der Waals surface area contributed by atoms with E-state index in [1.54, 1.807) is 18.4 Å². The Hall–Kier alpha value is -2.83. The van der Waals surface area contributed by atoms with Crippen LogP contribution in [-0.4, -0.2) is 22.9 Å². The predicted octanol–water partition coefficient (Wildman–Crippen LogP) is 3.51. The van der Waals surface area contributed by atoms with Crippen molar-refractivity contribution in [1.29, 1.82) is 0 Å². The Morgan fingerprint density at radius 3 is 2.84 bits per heavy atom. The molecule has 25 heavy (non-hydrogen) atoms. The molecule has 1 aromatic heterocycles. The number of amides is 1. The summed E-state index contributed by atoms with van der Waals surface area (Å²) >= 11 is 0. The topological polar surface area (TPSA) is 97.4 Å². The first-order chi connectivity index (χ1) is 12.0. The van der Waals surface area contributed by atoms with Gasteiger partial charge in [-0.2, -0.15) is 0 Å². The van der Waals surface area contributed by atoms with Crippen molar-refractivity contribution in [3.63, 3.8) is 0 Å². The Balaban J connectivity index is 1.66. The molecule has 0 aliphatic heterocycles. The molecule has 7 heteroatoms. The van der Waals surface area contributed by atoms with E-state index in [0.717, 1.165) is 31.4 Å². The highest BCUT2D eigenvalue weighted by Gasteiger charge is 2.25. The fourth-order valence-corrected chi connectivity index (χ4v) is 2.59. The summed E-state index contributed by atoms with van der Waals surface area (Å²) in [6, 6.07) is 8.53. The van der Waals surface area contributed by atoms with Gasteiger partial charge in [-0.15, -0.1) is 0 Å². The molecule has 1 aliphatic rings. The number of hydrogen-bond donors (Lipinski definition) is 2. The molecule has 0 spiro atoms. The lowest BCUT2D eigenvalue weighted by atomic mass is 10.1. The predicted molar refractivity (Wildman–Crippen MR) is 93.7 cm³/mol. The number of nitrogens with one attached hydrogen (secondary N) is 2. The molecule has 0 bridgehead atoms. The minimum atomic E-state index is -0.463. The summed E-state index contributed by atoms with van der Waals surface area (Å²) < 4.78 is 5.29. The monoisotopic (exact) mass is 343 g/mol. The number of benzene rings is 1. The van der Waals surface area contributed by atoms with E-state index in [1.807, 2.05) is 19.1 Å². The largest absolute Gasteiger partial charge is 0.469 e. The number of hydrogen-bond acceptors (Lipinski definition) is 5. The van der Waals surface area contributed by atoms with Crippen molar-refractivity contribution in [2.75, 3.05) is 5.32 Å². The summed E-state index contributed by atoms with van der Waals surface area (Å²) in [7, 11) is 0. The number of nitro benzene ring substituents is 1. The highest BCUT2D eigenvalue weighted by Crippen LogP contribution is 2.27. The van der Waals surface area contributed by atoms with E-state index in [-0.39, 0.29) is 23.7 Å². The average Bonchev–Trinajstić information content (AvgIpc) is 3.24. The normalized spacial score (nSPS) is 14.8. The van der Waals surface area contributed by atoms with Gasteiger partial charge in [-0.25, -0.2) is 0 Å². The third-order valence-corrected chi connectivity index (χ3v) is 4.17. The van der Waals surface area contributed by atoms with Crippen molar-refractivity contribution in [2.24, 2.45) is 0 Å². The maximum Gasteiger partial charge on any atom is 0.293 e. The van der Waals surface area contributed by atoms with Crippen LogP contribution >= 0.6 is 0 Å². The molecule has 0 radical (unpaired) electrons. The van der Waals surface area contributed by atoms with E-state index in [1.165, 1.54) is 6.07 Å². The molecule has 1 aliphatic carbocycles. The molecule has 2 N–H and O–H groups in total. The Morgan fingerprint density at radius 1 is 1.40 bits per heavy atom. The van der Waals surface area contributed by atoms with Gasteiger partial charge >= 0.3 is 0 Å². The molecule has 132 valence electrons. The molecule has 1 aromatic carbocycles. The molecule has 7 nitrogen and oxygen atoms in total. The fourth-order valence-electron chi connectivity index (χ4n) is 2.59. The van der Waals surface area contributed by atoms with Crippen molar-refractivity contribution in [3.05, 3.63) is 58.0 Å². The molecule has 1 atom stereocenters. The van der Waals surface area contributed by atoms with Crippen molar-refractivity contribution < 1.29 is 14.1 Å². The Morgan fingerprint density at radius 2 is 2.20 bits per heavy atom. The molecule has 0 saturated heterocycles. The van der Waals surface area contributed by atoms with Crippen molar-refractivity contribution >= 4 is 17.3 Å². The van der Waals surface area contributed by atoms with Crippen LogP contribution in [0.1, 0.15) is 42.3 Å². The zero-order valence-corrected chi connectivity index (χ0v) is 14.0. The summed E-state index contributed by atoms with van der Waals surface area (Å²) in [6.07, 6.45) is 5.09. The van der Waals surface area contributed by atoms with E-state index < -0.39 is 4.92 Å². The van der Waals surface area contributed by atoms with Crippen LogP contribution in [0.5, 0.6) is 0 Å². The molecular formula is C18H21N3O4. The van der Waals surface area contributed by atoms with Crippen LogP contribution < -0.4 is 10.6 Å². The maximum absolute atomic E-state index is 12.1. The fraction of sp³-hybridized carbons (Fsp3) is 0.389. The molecule has 1 fully saturated rings. The molecule has 2 aromatic rings. The van der Waals surface area contributed by atoms with E-state index in [4.69, 9.17) is 4.42 Å². The summed E-state index contributed by atoms with van der Waals surface area (Å²) in [6.45, 7) is 1.96. The number of aryl methyl sites for hydroxylation is 1. The molecule has 1 amide bonds. The molecule has 1 heterocycles. The number of furan rings is 1. The van der Waals surface area contributed by atoms with Gasteiger partial charge < -0.3 is 15.1 Å². The first-order valence-corrected chi connectivity index (χ1v) is 8.41. The summed E-state index contributed by atoms with van der Waals surface area (Å²) in [5, 5.41) is 17.4. The molecule has 0 unspecified atom stereocenters. The summed E-state index contributed by atoms with van der Waals surface area (Å²) in [5.41, 5.74) is 0.639. The lowest BCUT2D eigenvalue weighted by Gasteiger charge is -2.15. The second kappa shape index (κ2) is 7.38. The Kier molecular flexibility index (Phi) is 5.02. The van der Waals surface area contributed by atoms with Crippen LogP contribution in [0, 0.1) is 10.1 Å². The third kappa shape index (κ3) is 4.59. The zero-order chi connectivity index (χ0) is 17.8. The SMILES string of the molecule is C[C@H](CCc1ccco1)Nc1ccc(C(=O)NC2CC2)cc1[N+](=O)[O-]. The first-order valence-electron chi connectivity index (χ1n) is 8.41. The Labute approximate surface area is 145 Å². The zero-order valence-electron chi connectivity index (χ0n) is 14.0. The van der Waals surface area contributed by atoms with Crippen LogP contribution in [0.15, 0.2) is 41.0 Å². The van der Waals surface area contributed by atoms with E-state index >= 15 is 0 Å². The second-order valence-corrected chi connectivity index (χ2v) is 6.40. The van der Waals surface area contributed by atoms with Crippen LogP contribution in [-0.2, 0) is 6.42 Å². The number of carbonyl (C=O) groups is 1.